The smallest absolute Gasteiger partial charge is 0.165 e. The molecule has 16 heavy (non-hydrogen) atoms. The van der Waals surface area contributed by atoms with Gasteiger partial charge in [0.2, 0.25) is 0 Å². The average molecular weight is 218 g/mol. The van der Waals surface area contributed by atoms with Crippen LogP contribution in [-0.4, -0.2) is 25.1 Å². The van der Waals surface area contributed by atoms with Crippen molar-refractivity contribution in [3.63, 3.8) is 0 Å². The second-order valence-corrected chi connectivity index (χ2v) is 4.33. The molecule has 2 aliphatic rings. The van der Waals surface area contributed by atoms with Crippen LogP contribution in [0.15, 0.2) is 18.2 Å². The molecular weight excluding hydrogens is 204 g/mol. The van der Waals surface area contributed by atoms with Crippen molar-refractivity contribution in [3.05, 3.63) is 29.3 Å². The highest BCUT2D eigenvalue weighted by atomic mass is 16.5. The van der Waals surface area contributed by atoms with E-state index in [1.165, 1.54) is 5.56 Å². The molecule has 3 rings (SSSR count). The Hall–Kier alpha value is -1.35. The Morgan fingerprint density at radius 3 is 3.00 bits per heavy atom. The van der Waals surface area contributed by atoms with Gasteiger partial charge < -0.3 is 9.47 Å². The van der Waals surface area contributed by atoms with Crippen molar-refractivity contribution >= 4 is 5.78 Å². The summed E-state index contributed by atoms with van der Waals surface area (Å²) in [5.74, 6) is 1.17. The van der Waals surface area contributed by atoms with E-state index in [0.717, 1.165) is 37.4 Å². The molecule has 0 aromatic heterocycles. The highest BCUT2D eigenvalue weighted by Crippen LogP contribution is 2.26. The predicted octanol–water partition coefficient (Wildman–Crippen LogP) is 1.52. The van der Waals surface area contributed by atoms with Gasteiger partial charge in [0, 0.05) is 19.3 Å². The highest BCUT2D eigenvalue weighted by molar-refractivity contribution is 5.85. The van der Waals surface area contributed by atoms with Crippen LogP contribution >= 0.6 is 0 Å². The second kappa shape index (κ2) is 3.91. The SMILES string of the molecule is O=C(Cc1ccc2c(c1)CCO2)C1CCO1. The summed E-state index contributed by atoms with van der Waals surface area (Å²) in [6.45, 7) is 1.49. The van der Waals surface area contributed by atoms with Gasteiger partial charge in [-0.3, -0.25) is 4.79 Å². The van der Waals surface area contributed by atoms with E-state index >= 15 is 0 Å². The van der Waals surface area contributed by atoms with E-state index in [9.17, 15) is 4.79 Å². The number of carbonyl (C=O) groups excluding carboxylic acids is 1. The number of ketones is 1. The highest BCUT2D eigenvalue weighted by Gasteiger charge is 2.26. The fourth-order valence-electron chi connectivity index (χ4n) is 2.15. The summed E-state index contributed by atoms with van der Waals surface area (Å²) in [7, 11) is 0. The molecule has 1 aromatic carbocycles. The summed E-state index contributed by atoms with van der Waals surface area (Å²) in [4.78, 5) is 11.7. The lowest BCUT2D eigenvalue weighted by molar-refractivity contribution is -0.141. The molecule has 3 heteroatoms. The molecule has 1 fully saturated rings. The van der Waals surface area contributed by atoms with Gasteiger partial charge in [-0.1, -0.05) is 12.1 Å². The average Bonchev–Trinajstić information content (AvgIpc) is 2.61. The molecule has 0 aliphatic carbocycles. The standard InChI is InChI=1S/C13H14O3/c14-11(13-4-6-16-13)8-9-1-2-12-10(7-9)3-5-15-12/h1-2,7,13H,3-6,8H2. The van der Waals surface area contributed by atoms with Gasteiger partial charge in [0.25, 0.3) is 0 Å². The maximum Gasteiger partial charge on any atom is 0.165 e. The lowest BCUT2D eigenvalue weighted by Gasteiger charge is -2.24. The van der Waals surface area contributed by atoms with Crippen LogP contribution in [0.25, 0.3) is 0 Å². The minimum Gasteiger partial charge on any atom is -0.493 e. The first-order valence-corrected chi connectivity index (χ1v) is 5.72. The number of benzene rings is 1. The number of carbonyl (C=O) groups is 1. The zero-order valence-corrected chi connectivity index (χ0v) is 9.07. The lowest BCUT2D eigenvalue weighted by Crippen LogP contribution is -2.35. The Morgan fingerprint density at radius 2 is 2.25 bits per heavy atom. The van der Waals surface area contributed by atoms with Gasteiger partial charge in [-0.2, -0.15) is 0 Å². The zero-order valence-electron chi connectivity index (χ0n) is 9.07. The van der Waals surface area contributed by atoms with E-state index in [1.807, 2.05) is 12.1 Å². The van der Waals surface area contributed by atoms with Gasteiger partial charge in [-0.05, 0) is 17.2 Å². The molecular formula is C13H14O3. The van der Waals surface area contributed by atoms with E-state index in [2.05, 4.69) is 6.07 Å². The van der Waals surface area contributed by atoms with Crippen LogP contribution in [-0.2, 0) is 22.4 Å². The van der Waals surface area contributed by atoms with E-state index in [4.69, 9.17) is 9.47 Å². The molecule has 0 spiro atoms. The lowest BCUT2D eigenvalue weighted by atomic mass is 9.99. The molecule has 0 saturated carbocycles. The van der Waals surface area contributed by atoms with Crippen molar-refractivity contribution in [2.24, 2.45) is 0 Å². The second-order valence-electron chi connectivity index (χ2n) is 4.33. The Morgan fingerprint density at radius 1 is 1.38 bits per heavy atom. The third kappa shape index (κ3) is 1.71. The predicted molar refractivity (Wildman–Crippen MR) is 58.7 cm³/mol. The van der Waals surface area contributed by atoms with Gasteiger partial charge in [0.1, 0.15) is 11.9 Å². The van der Waals surface area contributed by atoms with E-state index in [1.54, 1.807) is 0 Å². The minimum atomic E-state index is -0.149. The fraction of sp³-hybridized carbons (Fsp3) is 0.462. The number of hydrogen-bond acceptors (Lipinski definition) is 3. The van der Waals surface area contributed by atoms with Crippen LogP contribution in [0, 0.1) is 0 Å². The van der Waals surface area contributed by atoms with Crippen molar-refractivity contribution in [2.45, 2.75) is 25.4 Å². The van der Waals surface area contributed by atoms with Gasteiger partial charge in [-0.25, -0.2) is 0 Å². The molecule has 1 unspecified atom stereocenters. The molecule has 2 heterocycles. The van der Waals surface area contributed by atoms with Crippen LogP contribution in [0.1, 0.15) is 17.5 Å². The number of Topliss-reactive ketones (excluding diaryl/α,β-unsaturated/α-hetero) is 1. The molecule has 0 radical (unpaired) electrons. The molecule has 84 valence electrons. The Kier molecular flexibility index (Phi) is 2.40. The molecule has 0 bridgehead atoms. The van der Waals surface area contributed by atoms with Crippen molar-refractivity contribution in [1.29, 1.82) is 0 Å². The number of ether oxygens (including phenoxy) is 2. The number of rotatable bonds is 3. The maximum absolute atomic E-state index is 11.7. The number of fused-ring (bicyclic) bond motifs is 1. The molecule has 1 saturated heterocycles. The summed E-state index contributed by atoms with van der Waals surface area (Å²) < 4.78 is 10.6. The molecule has 3 nitrogen and oxygen atoms in total. The van der Waals surface area contributed by atoms with Crippen molar-refractivity contribution < 1.29 is 14.3 Å². The topological polar surface area (TPSA) is 35.5 Å². The van der Waals surface area contributed by atoms with Crippen molar-refractivity contribution in [3.8, 4) is 5.75 Å². The minimum absolute atomic E-state index is 0.149. The zero-order chi connectivity index (χ0) is 11.0. The summed E-state index contributed by atoms with van der Waals surface area (Å²) in [6, 6.07) is 6.02. The summed E-state index contributed by atoms with van der Waals surface area (Å²) >= 11 is 0. The summed E-state index contributed by atoms with van der Waals surface area (Å²) in [5.41, 5.74) is 2.30. The first-order chi connectivity index (χ1) is 7.83. The third-order valence-electron chi connectivity index (χ3n) is 3.19. The Labute approximate surface area is 94.4 Å². The van der Waals surface area contributed by atoms with Gasteiger partial charge >= 0.3 is 0 Å². The van der Waals surface area contributed by atoms with Crippen LogP contribution in [0.3, 0.4) is 0 Å². The molecule has 0 amide bonds. The largest absolute Gasteiger partial charge is 0.493 e. The van der Waals surface area contributed by atoms with Gasteiger partial charge in [0.15, 0.2) is 5.78 Å². The van der Waals surface area contributed by atoms with Crippen LogP contribution in [0.5, 0.6) is 5.75 Å². The normalized spacial score (nSPS) is 22.1. The van der Waals surface area contributed by atoms with Crippen LogP contribution < -0.4 is 4.74 Å². The van der Waals surface area contributed by atoms with E-state index in [-0.39, 0.29) is 11.9 Å². The van der Waals surface area contributed by atoms with Crippen molar-refractivity contribution in [2.75, 3.05) is 13.2 Å². The fourth-order valence-corrected chi connectivity index (χ4v) is 2.15. The maximum atomic E-state index is 11.7. The third-order valence-corrected chi connectivity index (χ3v) is 3.19. The molecule has 0 N–H and O–H groups in total. The molecule has 1 atom stereocenters. The number of hydrogen-bond donors (Lipinski definition) is 0. The van der Waals surface area contributed by atoms with Gasteiger partial charge in [0.05, 0.1) is 13.2 Å². The van der Waals surface area contributed by atoms with E-state index in [0.29, 0.717) is 6.42 Å². The summed E-state index contributed by atoms with van der Waals surface area (Å²) in [5, 5.41) is 0. The first-order valence-electron chi connectivity index (χ1n) is 5.72. The molecule has 1 aromatic rings. The van der Waals surface area contributed by atoms with Crippen molar-refractivity contribution in [1.82, 2.24) is 0 Å². The summed E-state index contributed by atoms with van der Waals surface area (Å²) in [6.07, 6.45) is 2.17. The quantitative estimate of drug-likeness (QED) is 0.771. The van der Waals surface area contributed by atoms with E-state index < -0.39 is 0 Å². The van der Waals surface area contributed by atoms with Crippen LogP contribution in [0.2, 0.25) is 0 Å². The first kappa shape index (κ1) is 9.85. The Balaban J connectivity index is 1.72. The Bertz CT molecular complexity index is 421. The van der Waals surface area contributed by atoms with Crippen LogP contribution in [0.4, 0.5) is 0 Å². The monoisotopic (exact) mass is 218 g/mol. The molecule has 2 aliphatic heterocycles. The van der Waals surface area contributed by atoms with Gasteiger partial charge in [-0.15, -0.1) is 0 Å².